The van der Waals surface area contributed by atoms with Gasteiger partial charge < -0.3 is 0 Å². The second kappa shape index (κ2) is 2.89. The lowest BCUT2D eigenvalue weighted by molar-refractivity contribution is 1.70. The van der Waals surface area contributed by atoms with Crippen molar-refractivity contribution in [3.63, 3.8) is 0 Å². The Kier molecular flexibility index (Phi) is 1.46. The molecule has 0 radical (unpaired) electrons. The zero-order chi connectivity index (χ0) is 8.39. The van der Waals surface area contributed by atoms with Gasteiger partial charge in [0, 0.05) is 4.88 Å². The van der Waals surface area contributed by atoms with E-state index < -0.39 is 0 Å². The molecule has 1 heterocycles. The minimum atomic E-state index is 0.619. The van der Waals surface area contributed by atoms with E-state index in [0.717, 1.165) is 0 Å². The quantitative estimate of drug-likeness (QED) is 0.601. The number of thiophene rings is 1. The van der Waals surface area contributed by atoms with Gasteiger partial charge in [0.15, 0.2) is 0 Å². The molecule has 54 valence electrons. The predicted octanol–water partition coefficient (Wildman–Crippen LogP) is 3.42. The summed E-state index contributed by atoms with van der Waals surface area (Å²) < 4.78 is 7.38. The molecule has 0 aliphatic heterocycles. The van der Waals surface area contributed by atoms with E-state index in [9.17, 15) is 0 Å². The molecule has 0 saturated heterocycles. The highest BCUT2D eigenvalue weighted by atomic mass is 32.1. The van der Waals surface area contributed by atoms with Crippen LogP contribution in [0.4, 0.5) is 0 Å². The minimum absolute atomic E-state index is 0.619. The molecule has 0 saturated carbocycles. The van der Waals surface area contributed by atoms with E-state index in [-0.39, 0.29) is 0 Å². The molecule has 0 fully saturated rings. The van der Waals surface area contributed by atoms with Crippen LogP contribution in [-0.4, -0.2) is 0 Å². The van der Waals surface area contributed by atoms with Gasteiger partial charge in [0.25, 0.3) is 0 Å². The molecule has 1 aromatic heterocycles. The second-order valence-corrected chi connectivity index (χ2v) is 3.16. The van der Waals surface area contributed by atoms with Crippen LogP contribution < -0.4 is 0 Å². The highest BCUT2D eigenvalue weighted by Crippen LogP contribution is 2.23. The summed E-state index contributed by atoms with van der Waals surface area (Å²) in [4.78, 5) is 1.17. The Hall–Kier alpha value is -1.08. The molecule has 11 heavy (non-hydrogen) atoms. The summed E-state index contributed by atoms with van der Waals surface area (Å²) in [6.45, 7) is 0. The lowest BCUT2D eigenvalue weighted by Gasteiger charge is -1.93. The van der Waals surface area contributed by atoms with Crippen LogP contribution in [0.5, 0.6) is 0 Å². The Morgan fingerprint density at radius 2 is 1.82 bits per heavy atom. The molecule has 0 spiro atoms. The van der Waals surface area contributed by atoms with Crippen molar-refractivity contribution < 1.29 is 1.37 Å². The van der Waals surface area contributed by atoms with Crippen LogP contribution in [0.2, 0.25) is 0 Å². The van der Waals surface area contributed by atoms with Gasteiger partial charge in [0.1, 0.15) is 0 Å². The van der Waals surface area contributed by atoms with Crippen LogP contribution in [0.25, 0.3) is 10.4 Å². The summed E-state index contributed by atoms with van der Waals surface area (Å²) in [6, 6.07) is 14.0. The molecule has 0 N–H and O–H groups in total. The van der Waals surface area contributed by atoms with Crippen molar-refractivity contribution in [2.24, 2.45) is 0 Å². The molecule has 0 unspecified atom stereocenters. The van der Waals surface area contributed by atoms with E-state index in [0.29, 0.717) is 5.36 Å². The van der Waals surface area contributed by atoms with E-state index in [1.165, 1.54) is 21.8 Å². The average Bonchev–Trinajstić information content (AvgIpc) is 2.54. The normalized spacial score (nSPS) is 11.1. The van der Waals surface area contributed by atoms with Gasteiger partial charge in [-0.15, -0.1) is 11.3 Å². The Morgan fingerprint density at radius 3 is 2.45 bits per heavy atom. The molecule has 2 rings (SSSR count). The van der Waals surface area contributed by atoms with Crippen molar-refractivity contribution in [1.29, 1.82) is 0 Å². The summed E-state index contributed by atoms with van der Waals surface area (Å²) in [5.74, 6) is 0. The number of hydrogen-bond donors (Lipinski definition) is 0. The first-order valence-corrected chi connectivity index (χ1v) is 4.30. The average molecular weight is 161 g/mol. The van der Waals surface area contributed by atoms with Gasteiger partial charge in [0.2, 0.25) is 0 Å². The SMILES string of the molecule is [2H]c1ccc(-c2ccccc2)s1. The Labute approximate surface area is 71.5 Å². The zero-order valence-electron chi connectivity index (χ0n) is 6.95. The van der Waals surface area contributed by atoms with Crippen LogP contribution in [0.1, 0.15) is 1.37 Å². The maximum absolute atomic E-state index is 7.38. The number of rotatable bonds is 1. The summed E-state index contributed by atoms with van der Waals surface area (Å²) >= 11 is 1.51. The monoisotopic (exact) mass is 161 g/mol. The van der Waals surface area contributed by atoms with Crippen molar-refractivity contribution in [3.8, 4) is 10.4 Å². The molecule has 0 bridgehead atoms. The number of hydrogen-bond acceptors (Lipinski definition) is 1. The maximum Gasteiger partial charge on any atom is 0.0740 e. The minimum Gasteiger partial charge on any atom is -0.144 e. The molecule has 0 aliphatic carbocycles. The molecule has 1 aromatic carbocycles. The predicted molar refractivity (Wildman–Crippen MR) is 49.8 cm³/mol. The summed E-state index contributed by atoms with van der Waals surface area (Å²) in [7, 11) is 0. The molecule has 0 amide bonds. The second-order valence-electron chi connectivity index (χ2n) is 2.28. The molecule has 0 nitrogen and oxygen atoms in total. The fourth-order valence-corrected chi connectivity index (χ4v) is 1.65. The van der Waals surface area contributed by atoms with E-state index in [1.54, 1.807) is 0 Å². The third-order valence-electron chi connectivity index (χ3n) is 1.53. The van der Waals surface area contributed by atoms with Crippen molar-refractivity contribution in [2.75, 3.05) is 0 Å². The van der Waals surface area contributed by atoms with E-state index in [4.69, 9.17) is 1.37 Å². The fraction of sp³-hybridized carbons (Fsp3) is 0. The highest BCUT2D eigenvalue weighted by Gasteiger charge is 1.93. The van der Waals surface area contributed by atoms with Gasteiger partial charge in [-0.25, -0.2) is 0 Å². The standard InChI is InChI=1S/C10H8S/c1-2-5-9(6-3-1)10-7-4-8-11-10/h1-8H/i8D. The highest BCUT2D eigenvalue weighted by molar-refractivity contribution is 7.13. The lowest BCUT2D eigenvalue weighted by atomic mass is 10.2. The van der Waals surface area contributed by atoms with Gasteiger partial charge in [-0.2, -0.15) is 0 Å². The molecule has 2 aromatic rings. The summed E-state index contributed by atoms with van der Waals surface area (Å²) in [6.07, 6.45) is 0. The van der Waals surface area contributed by atoms with E-state index in [2.05, 4.69) is 12.1 Å². The third kappa shape index (κ3) is 1.33. The van der Waals surface area contributed by atoms with Gasteiger partial charge in [-0.3, -0.25) is 0 Å². The van der Waals surface area contributed by atoms with Gasteiger partial charge in [0.05, 0.1) is 1.37 Å². The molecule has 1 heteroatoms. The van der Waals surface area contributed by atoms with Gasteiger partial charge >= 0.3 is 0 Å². The van der Waals surface area contributed by atoms with Crippen molar-refractivity contribution in [2.45, 2.75) is 0 Å². The fourth-order valence-electron chi connectivity index (χ4n) is 0.999. The van der Waals surface area contributed by atoms with E-state index >= 15 is 0 Å². The molecule has 0 aliphatic rings. The van der Waals surface area contributed by atoms with Gasteiger partial charge in [-0.1, -0.05) is 36.4 Å². The Balaban J connectivity index is 2.45. The Bertz CT molecular complexity index is 364. The maximum atomic E-state index is 7.38. The first-order chi connectivity index (χ1) is 5.86. The van der Waals surface area contributed by atoms with Crippen LogP contribution in [0.15, 0.2) is 47.8 Å². The first kappa shape index (κ1) is 5.56. The first-order valence-electron chi connectivity index (χ1n) is 3.98. The zero-order valence-corrected chi connectivity index (χ0v) is 6.77. The van der Waals surface area contributed by atoms with Gasteiger partial charge in [-0.05, 0) is 17.0 Å². The molecular formula is C10H8S. The van der Waals surface area contributed by atoms with Crippen LogP contribution in [0, 0.1) is 0 Å². The smallest absolute Gasteiger partial charge is 0.0740 e. The Morgan fingerprint density at radius 1 is 1.00 bits per heavy atom. The summed E-state index contributed by atoms with van der Waals surface area (Å²) in [5.41, 5.74) is 1.20. The molecular weight excluding hydrogens is 152 g/mol. The summed E-state index contributed by atoms with van der Waals surface area (Å²) in [5, 5.41) is 0.619. The lowest BCUT2D eigenvalue weighted by Crippen LogP contribution is -1.67. The molecule has 0 atom stereocenters. The van der Waals surface area contributed by atoms with Crippen molar-refractivity contribution >= 4 is 11.3 Å². The van der Waals surface area contributed by atoms with Crippen molar-refractivity contribution in [3.05, 3.63) is 47.8 Å². The van der Waals surface area contributed by atoms with Crippen LogP contribution in [0.3, 0.4) is 0 Å². The van der Waals surface area contributed by atoms with E-state index in [1.807, 2.05) is 30.3 Å². The van der Waals surface area contributed by atoms with Crippen LogP contribution in [-0.2, 0) is 0 Å². The largest absolute Gasteiger partial charge is 0.144 e. The third-order valence-corrected chi connectivity index (χ3v) is 2.38. The topological polar surface area (TPSA) is 0 Å². The number of benzene rings is 1. The van der Waals surface area contributed by atoms with Crippen LogP contribution >= 0.6 is 11.3 Å². The van der Waals surface area contributed by atoms with Crippen molar-refractivity contribution in [1.82, 2.24) is 0 Å².